The van der Waals surface area contributed by atoms with Gasteiger partial charge < -0.3 is 10.5 Å². The van der Waals surface area contributed by atoms with Crippen LogP contribution in [0.2, 0.25) is 0 Å². The molecule has 1 aromatic carbocycles. The summed E-state index contributed by atoms with van der Waals surface area (Å²) < 4.78 is 18.6. The van der Waals surface area contributed by atoms with Gasteiger partial charge in [-0.25, -0.2) is 4.39 Å². The largest absolute Gasteiger partial charge is 0.381 e. The number of rotatable bonds is 3. The molecule has 0 bridgehead atoms. The Balaban J connectivity index is 2.00. The van der Waals surface area contributed by atoms with E-state index < -0.39 is 0 Å². The molecule has 0 spiro atoms. The SMILES string of the molecule is Cc1cc(F)cc(C(N)CC2CCOCC2)c1. The van der Waals surface area contributed by atoms with Gasteiger partial charge in [0.05, 0.1) is 0 Å². The highest BCUT2D eigenvalue weighted by atomic mass is 19.1. The van der Waals surface area contributed by atoms with Gasteiger partial charge in [0.1, 0.15) is 5.82 Å². The topological polar surface area (TPSA) is 35.2 Å². The molecule has 1 heterocycles. The van der Waals surface area contributed by atoms with Crippen molar-refractivity contribution in [1.29, 1.82) is 0 Å². The lowest BCUT2D eigenvalue weighted by molar-refractivity contribution is 0.0618. The summed E-state index contributed by atoms with van der Waals surface area (Å²) in [4.78, 5) is 0. The van der Waals surface area contributed by atoms with Gasteiger partial charge in [-0.1, -0.05) is 6.07 Å². The van der Waals surface area contributed by atoms with Crippen molar-refractivity contribution in [2.45, 2.75) is 32.2 Å². The molecule has 94 valence electrons. The van der Waals surface area contributed by atoms with Crippen molar-refractivity contribution < 1.29 is 9.13 Å². The van der Waals surface area contributed by atoms with Gasteiger partial charge in [-0.05, 0) is 55.4 Å². The highest BCUT2D eigenvalue weighted by molar-refractivity contribution is 5.26. The Labute approximate surface area is 102 Å². The summed E-state index contributed by atoms with van der Waals surface area (Å²) in [6.07, 6.45) is 3.07. The molecule has 3 heteroatoms. The molecule has 2 rings (SSSR count). The third-order valence-electron chi connectivity index (χ3n) is 3.42. The fourth-order valence-corrected chi connectivity index (χ4v) is 2.46. The number of hydrogen-bond acceptors (Lipinski definition) is 2. The van der Waals surface area contributed by atoms with Crippen molar-refractivity contribution in [2.24, 2.45) is 11.7 Å². The second kappa shape index (κ2) is 5.61. The first-order valence-corrected chi connectivity index (χ1v) is 6.25. The summed E-state index contributed by atoms with van der Waals surface area (Å²) in [6.45, 7) is 3.56. The Morgan fingerprint density at radius 1 is 1.35 bits per heavy atom. The lowest BCUT2D eigenvalue weighted by Gasteiger charge is -2.25. The van der Waals surface area contributed by atoms with Gasteiger partial charge in [-0.3, -0.25) is 0 Å². The maximum Gasteiger partial charge on any atom is 0.123 e. The lowest BCUT2D eigenvalue weighted by Crippen LogP contribution is -2.21. The molecule has 1 atom stereocenters. The van der Waals surface area contributed by atoms with E-state index in [1.165, 1.54) is 6.07 Å². The highest BCUT2D eigenvalue weighted by Gasteiger charge is 2.18. The van der Waals surface area contributed by atoms with E-state index in [1.807, 2.05) is 13.0 Å². The summed E-state index contributed by atoms with van der Waals surface area (Å²) in [5.74, 6) is 0.421. The molecule has 0 saturated carbocycles. The van der Waals surface area contributed by atoms with Crippen LogP contribution < -0.4 is 5.73 Å². The molecular formula is C14H20FNO. The fourth-order valence-electron chi connectivity index (χ4n) is 2.46. The van der Waals surface area contributed by atoms with Crippen LogP contribution in [0.15, 0.2) is 18.2 Å². The molecule has 0 aliphatic carbocycles. The van der Waals surface area contributed by atoms with Crippen LogP contribution in [-0.2, 0) is 4.74 Å². The number of nitrogens with two attached hydrogens (primary N) is 1. The monoisotopic (exact) mass is 237 g/mol. The van der Waals surface area contributed by atoms with E-state index in [9.17, 15) is 4.39 Å². The lowest BCUT2D eigenvalue weighted by atomic mass is 9.89. The molecule has 17 heavy (non-hydrogen) atoms. The molecular weight excluding hydrogens is 217 g/mol. The number of benzene rings is 1. The van der Waals surface area contributed by atoms with E-state index >= 15 is 0 Å². The minimum atomic E-state index is -0.192. The van der Waals surface area contributed by atoms with Crippen LogP contribution >= 0.6 is 0 Å². The molecule has 2 nitrogen and oxygen atoms in total. The van der Waals surface area contributed by atoms with Crippen LogP contribution in [0.4, 0.5) is 4.39 Å². The van der Waals surface area contributed by atoms with E-state index in [4.69, 9.17) is 10.5 Å². The smallest absolute Gasteiger partial charge is 0.123 e. The predicted molar refractivity (Wildman–Crippen MR) is 66.2 cm³/mol. The summed E-state index contributed by atoms with van der Waals surface area (Å²) in [7, 11) is 0. The first-order chi connectivity index (χ1) is 8.15. The standard InChI is InChI=1S/C14H20FNO/c1-10-6-12(9-13(15)7-10)14(16)8-11-2-4-17-5-3-11/h6-7,9,11,14H,2-5,8,16H2,1H3. The van der Waals surface area contributed by atoms with Crippen molar-refractivity contribution in [3.8, 4) is 0 Å². The minimum Gasteiger partial charge on any atom is -0.381 e. The average molecular weight is 237 g/mol. The van der Waals surface area contributed by atoms with Gasteiger partial charge in [0.15, 0.2) is 0 Å². The Bertz CT molecular complexity index is 354. The Morgan fingerprint density at radius 2 is 2.06 bits per heavy atom. The number of hydrogen-bond donors (Lipinski definition) is 1. The van der Waals surface area contributed by atoms with Crippen LogP contribution in [0.25, 0.3) is 0 Å². The van der Waals surface area contributed by atoms with Crippen LogP contribution in [0, 0.1) is 18.7 Å². The van der Waals surface area contributed by atoms with Crippen LogP contribution in [0.5, 0.6) is 0 Å². The molecule has 1 saturated heterocycles. The quantitative estimate of drug-likeness (QED) is 0.877. The van der Waals surface area contributed by atoms with Crippen molar-refractivity contribution in [3.63, 3.8) is 0 Å². The zero-order valence-electron chi connectivity index (χ0n) is 10.3. The zero-order chi connectivity index (χ0) is 12.3. The number of aryl methyl sites for hydroxylation is 1. The third-order valence-corrected chi connectivity index (χ3v) is 3.42. The van der Waals surface area contributed by atoms with Gasteiger partial charge in [-0.2, -0.15) is 0 Å². The maximum absolute atomic E-state index is 13.3. The van der Waals surface area contributed by atoms with Crippen LogP contribution in [0.1, 0.15) is 36.4 Å². The van der Waals surface area contributed by atoms with Gasteiger partial charge in [0.2, 0.25) is 0 Å². The summed E-state index contributed by atoms with van der Waals surface area (Å²) >= 11 is 0. The van der Waals surface area contributed by atoms with Crippen molar-refractivity contribution in [3.05, 3.63) is 35.1 Å². The summed E-state index contributed by atoms with van der Waals surface area (Å²) in [5.41, 5.74) is 8.00. The zero-order valence-corrected chi connectivity index (χ0v) is 10.3. The minimum absolute atomic E-state index is 0.0625. The molecule has 2 N–H and O–H groups in total. The van der Waals surface area contributed by atoms with Gasteiger partial charge in [0, 0.05) is 19.3 Å². The summed E-state index contributed by atoms with van der Waals surface area (Å²) in [6, 6.07) is 5.00. The number of halogens is 1. The molecule has 1 aromatic rings. The Kier molecular flexibility index (Phi) is 4.13. The van der Waals surface area contributed by atoms with Crippen molar-refractivity contribution >= 4 is 0 Å². The highest BCUT2D eigenvalue weighted by Crippen LogP contribution is 2.26. The summed E-state index contributed by atoms with van der Waals surface area (Å²) in [5, 5.41) is 0. The van der Waals surface area contributed by atoms with Gasteiger partial charge in [0.25, 0.3) is 0 Å². The molecule has 1 aliphatic heterocycles. The molecule has 1 unspecified atom stereocenters. The van der Waals surface area contributed by atoms with E-state index in [-0.39, 0.29) is 11.9 Å². The number of ether oxygens (including phenoxy) is 1. The molecule has 1 fully saturated rings. The fraction of sp³-hybridized carbons (Fsp3) is 0.571. The Hall–Kier alpha value is -0.930. The van der Waals surface area contributed by atoms with Gasteiger partial charge in [-0.15, -0.1) is 0 Å². The van der Waals surface area contributed by atoms with E-state index in [0.29, 0.717) is 5.92 Å². The normalized spacial score (nSPS) is 19.2. The second-order valence-electron chi connectivity index (χ2n) is 4.96. The molecule has 1 aliphatic rings. The molecule has 0 radical (unpaired) electrons. The third kappa shape index (κ3) is 3.51. The first-order valence-electron chi connectivity index (χ1n) is 6.25. The van der Waals surface area contributed by atoms with Gasteiger partial charge >= 0.3 is 0 Å². The second-order valence-corrected chi connectivity index (χ2v) is 4.96. The van der Waals surface area contributed by atoms with E-state index in [1.54, 1.807) is 6.07 Å². The first kappa shape index (κ1) is 12.5. The van der Waals surface area contributed by atoms with Crippen molar-refractivity contribution in [2.75, 3.05) is 13.2 Å². The van der Waals surface area contributed by atoms with E-state index in [0.717, 1.165) is 43.6 Å². The average Bonchev–Trinajstić information content (AvgIpc) is 2.29. The van der Waals surface area contributed by atoms with Crippen molar-refractivity contribution in [1.82, 2.24) is 0 Å². The van der Waals surface area contributed by atoms with E-state index in [2.05, 4.69) is 0 Å². The van der Waals surface area contributed by atoms with Crippen LogP contribution in [0.3, 0.4) is 0 Å². The van der Waals surface area contributed by atoms with Crippen LogP contribution in [-0.4, -0.2) is 13.2 Å². The molecule has 0 amide bonds. The predicted octanol–water partition coefficient (Wildman–Crippen LogP) is 2.95. The molecule has 0 aromatic heterocycles. The maximum atomic E-state index is 13.3. The Morgan fingerprint density at radius 3 is 2.71 bits per heavy atom.